The van der Waals surface area contributed by atoms with Crippen LogP contribution in [0.15, 0.2) is 34.9 Å². The van der Waals surface area contributed by atoms with Crippen molar-refractivity contribution < 1.29 is 4.52 Å². The van der Waals surface area contributed by atoms with Gasteiger partial charge in [-0.2, -0.15) is 4.98 Å². The van der Waals surface area contributed by atoms with Gasteiger partial charge in [-0.25, -0.2) is 0 Å². The van der Waals surface area contributed by atoms with Crippen LogP contribution >= 0.6 is 0 Å². The van der Waals surface area contributed by atoms with Crippen LogP contribution in [-0.4, -0.2) is 52.7 Å². The summed E-state index contributed by atoms with van der Waals surface area (Å²) < 4.78 is 5.40. The maximum Gasteiger partial charge on any atom is 0.241 e. The molecule has 1 aromatic heterocycles. The Bertz CT molecular complexity index is 610. The smallest absolute Gasteiger partial charge is 0.241 e. The van der Waals surface area contributed by atoms with Crippen molar-refractivity contribution >= 4 is 0 Å². The average Bonchev–Trinajstić information content (AvgIpc) is 3.18. The fourth-order valence-electron chi connectivity index (χ4n) is 3.24. The Balaban J connectivity index is 1.53. The molecule has 1 fully saturated rings. The quantitative estimate of drug-likeness (QED) is 0.820. The summed E-state index contributed by atoms with van der Waals surface area (Å²) in [6.45, 7) is 8.74. The van der Waals surface area contributed by atoms with E-state index in [9.17, 15) is 0 Å². The molecule has 1 saturated heterocycles. The molecule has 0 radical (unpaired) electrons. The molecule has 0 amide bonds. The fraction of sp³-hybridized carbons (Fsp3) is 0.556. The lowest BCUT2D eigenvalue weighted by Gasteiger charge is -2.22. The zero-order valence-corrected chi connectivity index (χ0v) is 14.3. The molecular weight excluding hydrogens is 288 g/mol. The highest BCUT2D eigenvalue weighted by Gasteiger charge is 2.25. The van der Waals surface area contributed by atoms with E-state index in [0.717, 1.165) is 18.0 Å². The summed E-state index contributed by atoms with van der Waals surface area (Å²) in [7, 11) is 2.13. The van der Waals surface area contributed by atoms with Crippen molar-refractivity contribution in [3.05, 3.63) is 36.2 Å². The number of likely N-dealkylation sites (tertiary alicyclic amines) is 1. The Morgan fingerprint density at radius 1 is 1.30 bits per heavy atom. The molecule has 2 heterocycles. The predicted octanol–water partition coefficient (Wildman–Crippen LogP) is 2.90. The summed E-state index contributed by atoms with van der Waals surface area (Å²) in [5.41, 5.74) is 0.994. The molecule has 0 bridgehead atoms. The van der Waals surface area contributed by atoms with E-state index in [2.05, 4.69) is 40.8 Å². The van der Waals surface area contributed by atoms with Crippen molar-refractivity contribution in [2.24, 2.45) is 5.92 Å². The summed E-state index contributed by atoms with van der Waals surface area (Å²) in [6.07, 6.45) is 1.28. The van der Waals surface area contributed by atoms with Crippen molar-refractivity contribution in [2.75, 3.05) is 26.7 Å². The van der Waals surface area contributed by atoms with E-state index in [-0.39, 0.29) is 0 Å². The van der Waals surface area contributed by atoms with Crippen LogP contribution in [-0.2, 0) is 6.54 Å². The lowest BCUT2D eigenvalue weighted by molar-refractivity contribution is 0.218. The molecule has 3 rings (SSSR count). The molecule has 0 N–H and O–H groups in total. The van der Waals surface area contributed by atoms with Gasteiger partial charge < -0.3 is 9.42 Å². The molecule has 5 nitrogen and oxygen atoms in total. The van der Waals surface area contributed by atoms with E-state index in [1.807, 2.05) is 30.3 Å². The van der Waals surface area contributed by atoms with E-state index in [1.54, 1.807) is 0 Å². The number of aromatic nitrogens is 2. The highest BCUT2D eigenvalue weighted by molar-refractivity contribution is 5.53. The number of hydrogen-bond acceptors (Lipinski definition) is 5. The highest BCUT2D eigenvalue weighted by Crippen LogP contribution is 2.20. The van der Waals surface area contributed by atoms with Crippen molar-refractivity contribution in [3.8, 4) is 11.4 Å². The molecule has 1 aliphatic heterocycles. The lowest BCUT2D eigenvalue weighted by Crippen LogP contribution is -2.31. The summed E-state index contributed by atoms with van der Waals surface area (Å²) in [5, 5.41) is 4.09. The molecule has 124 valence electrons. The number of rotatable bonds is 6. The van der Waals surface area contributed by atoms with Crippen molar-refractivity contribution in [3.63, 3.8) is 0 Å². The van der Waals surface area contributed by atoms with E-state index in [0.29, 0.717) is 24.3 Å². The van der Waals surface area contributed by atoms with E-state index in [4.69, 9.17) is 4.52 Å². The zero-order chi connectivity index (χ0) is 16.2. The third-order valence-corrected chi connectivity index (χ3v) is 4.52. The van der Waals surface area contributed by atoms with E-state index in [1.165, 1.54) is 19.5 Å². The van der Waals surface area contributed by atoms with Crippen molar-refractivity contribution in [1.29, 1.82) is 0 Å². The second-order valence-electron chi connectivity index (χ2n) is 6.82. The van der Waals surface area contributed by atoms with Gasteiger partial charge in [0, 0.05) is 24.7 Å². The van der Waals surface area contributed by atoms with Crippen LogP contribution in [0, 0.1) is 5.92 Å². The summed E-state index contributed by atoms with van der Waals surface area (Å²) >= 11 is 0. The largest absolute Gasteiger partial charge is 0.338 e. The van der Waals surface area contributed by atoms with Crippen LogP contribution in [0.5, 0.6) is 0 Å². The maximum atomic E-state index is 5.40. The molecule has 0 spiro atoms. The van der Waals surface area contributed by atoms with Gasteiger partial charge in [0.15, 0.2) is 0 Å². The van der Waals surface area contributed by atoms with Gasteiger partial charge >= 0.3 is 0 Å². The Hall–Kier alpha value is -1.72. The van der Waals surface area contributed by atoms with Crippen LogP contribution in [0.2, 0.25) is 0 Å². The first-order chi connectivity index (χ1) is 11.1. The van der Waals surface area contributed by atoms with Crippen molar-refractivity contribution in [2.45, 2.75) is 32.9 Å². The molecule has 0 saturated carbocycles. The van der Waals surface area contributed by atoms with Crippen LogP contribution < -0.4 is 0 Å². The fourth-order valence-corrected chi connectivity index (χ4v) is 3.24. The minimum atomic E-state index is 0.648. The predicted molar refractivity (Wildman–Crippen MR) is 90.9 cm³/mol. The van der Waals surface area contributed by atoms with Crippen molar-refractivity contribution in [1.82, 2.24) is 19.9 Å². The van der Waals surface area contributed by atoms with Gasteiger partial charge in [0.2, 0.25) is 11.7 Å². The third kappa shape index (κ3) is 4.18. The molecule has 1 aromatic carbocycles. The van der Waals surface area contributed by atoms with Gasteiger partial charge in [-0.15, -0.1) is 0 Å². The van der Waals surface area contributed by atoms with Gasteiger partial charge in [0.25, 0.3) is 0 Å². The van der Waals surface area contributed by atoms with Crippen LogP contribution in [0.25, 0.3) is 11.4 Å². The second kappa shape index (κ2) is 7.23. The lowest BCUT2D eigenvalue weighted by atomic mass is 10.1. The Labute approximate surface area is 138 Å². The maximum absolute atomic E-state index is 5.40. The van der Waals surface area contributed by atoms with Crippen LogP contribution in [0.1, 0.15) is 26.2 Å². The molecule has 1 unspecified atom stereocenters. The Morgan fingerprint density at radius 3 is 2.78 bits per heavy atom. The topological polar surface area (TPSA) is 45.4 Å². The van der Waals surface area contributed by atoms with Gasteiger partial charge in [0.05, 0.1) is 6.54 Å². The zero-order valence-electron chi connectivity index (χ0n) is 14.3. The monoisotopic (exact) mass is 314 g/mol. The number of benzene rings is 1. The first-order valence-corrected chi connectivity index (χ1v) is 8.42. The number of nitrogens with zero attached hydrogens (tertiary/aromatic N) is 4. The third-order valence-electron chi connectivity index (χ3n) is 4.52. The molecule has 2 aromatic rings. The molecule has 5 heteroatoms. The molecular formula is C18H26N4O. The first kappa shape index (κ1) is 16.1. The average molecular weight is 314 g/mol. The minimum absolute atomic E-state index is 0.648. The SMILES string of the molecule is CC(C)N1CCC(CN(C)Cc2nc(-c3ccccc3)no2)C1. The summed E-state index contributed by atoms with van der Waals surface area (Å²) in [4.78, 5) is 9.35. The minimum Gasteiger partial charge on any atom is -0.338 e. The van der Waals surface area contributed by atoms with Gasteiger partial charge in [-0.1, -0.05) is 35.5 Å². The number of hydrogen-bond donors (Lipinski definition) is 0. The van der Waals surface area contributed by atoms with Crippen LogP contribution in [0.3, 0.4) is 0 Å². The van der Waals surface area contributed by atoms with E-state index < -0.39 is 0 Å². The van der Waals surface area contributed by atoms with Crippen LogP contribution in [0.4, 0.5) is 0 Å². The summed E-state index contributed by atoms with van der Waals surface area (Å²) in [6, 6.07) is 10.6. The Morgan fingerprint density at radius 2 is 2.09 bits per heavy atom. The van der Waals surface area contributed by atoms with E-state index >= 15 is 0 Å². The normalized spacial score (nSPS) is 19.1. The molecule has 1 atom stereocenters. The molecule has 1 aliphatic rings. The molecule has 23 heavy (non-hydrogen) atoms. The second-order valence-corrected chi connectivity index (χ2v) is 6.82. The molecule has 0 aliphatic carbocycles. The van der Waals surface area contributed by atoms with Gasteiger partial charge in [0.1, 0.15) is 0 Å². The van der Waals surface area contributed by atoms with Gasteiger partial charge in [-0.05, 0) is 39.8 Å². The first-order valence-electron chi connectivity index (χ1n) is 8.42. The van der Waals surface area contributed by atoms with Gasteiger partial charge in [-0.3, -0.25) is 4.90 Å². The highest BCUT2D eigenvalue weighted by atomic mass is 16.5. The standard InChI is InChI=1S/C18H26N4O/c1-14(2)22-10-9-15(12-22)11-21(3)13-17-19-18(20-23-17)16-7-5-4-6-8-16/h4-8,14-15H,9-13H2,1-3H3. The Kier molecular flexibility index (Phi) is 5.08. The summed E-state index contributed by atoms with van der Waals surface area (Å²) in [5.74, 6) is 2.09.